The molecule has 5 heteroatoms. The van der Waals surface area contributed by atoms with Crippen molar-refractivity contribution < 1.29 is 0 Å². The zero-order valence-electron chi connectivity index (χ0n) is 16.0. The molecule has 1 saturated heterocycles. The van der Waals surface area contributed by atoms with Gasteiger partial charge in [-0.25, -0.2) is 9.97 Å². The second-order valence-electron chi connectivity index (χ2n) is 7.58. The van der Waals surface area contributed by atoms with Crippen molar-refractivity contribution in [3.8, 4) is 11.3 Å². The summed E-state index contributed by atoms with van der Waals surface area (Å²) in [6.07, 6.45) is 6.31. The number of hydrogen-bond donors (Lipinski definition) is 0. The van der Waals surface area contributed by atoms with Crippen LogP contribution in [-0.4, -0.2) is 32.8 Å². The second-order valence-corrected chi connectivity index (χ2v) is 7.58. The number of fused-ring (bicyclic) bond motifs is 1. The topological polar surface area (TPSA) is 46.8 Å². The fourth-order valence-electron chi connectivity index (χ4n) is 4.11. The fraction of sp³-hybridized carbons (Fsp3) is 0.261. The first-order valence-corrected chi connectivity index (χ1v) is 9.81. The molecule has 0 N–H and O–H groups in total. The Morgan fingerprint density at radius 2 is 1.82 bits per heavy atom. The summed E-state index contributed by atoms with van der Waals surface area (Å²) in [6.45, 7) is 1.99. The average molecular weight is 369 g/mol. The molecule has 3 heterocycles. The van der Waals surface area contributed by atoms with Crippen molar-refractivity contribution in [2.75, 3.05) is 18.0 Å². The minimum Gasteiger partial charge on any atom is -0.340 e. The van der Waals surface area contributed by atoms with Crippen LogP contribution in [0.25, 0.3) is 22.2 Å². The van der Waals surface area contributed by atoms with E-state index in [1.807, 2.05) is 30.1 Å². The highest BCUT2D eigenvalue weighted by molar-refractivity contribution is 5.93. The van der Waals surface area contributed by atoms with E-state index in [1.54, 1.807) is 0 Å². The smallest absolute Gasteiger partial charge is 0.226 e. The molecule has 1 aliphatic heterocycles. The van der Waals surface area contributed by atoms with Gasteiger partial charge in [-0.05, 0) is 30.4 Å². The number of benzene rings is 2. The molecule has 0 spiro atoms. The molecule has 1 aliphatic rings. The largest absolute Gasteiger partial charge is 0.340 e. The first-order valence-electron chi connectivity index (χ1n) is 9.81. The molecule has 28 heavy (non-hydrogen) atoms. The lowest BCUT2D eigenvalue weighted by molar-refractivity contribution is 0.585. The van der Waals surface area contributed by atoms with Crippen LogP contribution in [0.3, 0.4) is 0 Å². The van der Waals surface area contributed by atoms with Gasteiger partial charge in [0.25, 0.3) is 0 Å². The van der Waals surface area contributed by atoms with Crippen molar-refractivity contribution in [1.82, 2.24) is 19.7 Å². The molecule has 0 saturated carbocycles. The Morgan fingerprint density at radius 1 is 1.00 bits per heavy atom. The molecular formula is C23H23N5. The molecule has 1 atom stereocenters. The monoisotopic (exact) mass is 369 g/mol. The quantitative estimate of drug-likeness (QED) is 0.543. The second kappa shape index (κ2) is 7.08. The van der Waals surface area contributed by atoms with E-state index in [0.29, 0.717) is 5.92 Å². The molecule has 4 aromatic rings. The molecule has 2 aromatic carbocycles. The van der Waals surface area contributed by atoms with E-state index in [0.717, 1.165) is 54.0 Å². The van der Waals surface area contributed by atoms with E-state index < -0.39 is 0 Å². The molecule has 5 rings (SSSR count). The molecule has 0 bridgehead atoms. The summed E-state index contributed by atoms with van der Waals surface area (Å²) in [7, 11) is 1.97. The zero-order chi connectivity index (χ0) is 18.9. The summed E-state index contributed by atoms with van der Waals surface area (Å²) in [4.78, 5) is 12.2. The minimum absolute atomic E-state index is 0.611. The van der Waals surface area contributed by atoms with Crippen molar-refractivity contribution in [2.24, 2.45) is 13.0 Å². The summed E-state index contributed by atoms with van der Waals surface area (Å²) in [6, 6.07) is 18.7. The van der Waals surface area contributed by atoms with Crippen LogP contribution in [0.5, 0.6) is 0 Å². The van der Waals surface area contributed by atoms with E-state index in [1.165, 1.54) is 5.56 Å². The number of aryl methyl sites for hydroxylation is 1. The molecule has 0 amide bonds. The standard InChI is InChI=1S/C23H23N5/c1-27-15-18(14-24-27)13-17-11-12-28(16-17)23-25-21-10-6-5-9-20(21)22(26-23)19-7-3-2-4-8-19/h2-10,14-15,17H,11-13,16H2,1H3. The van der Waals surface area contributed by atoms with Crippen LogP contribution >= 0.6 is 0 Å². The third-order valence-electron chi connectivity index (χ3n) is 5.49. The van der Waals surface area contributed by atoms with Gasteiger partial charge in [0.1, 0.15) is 0 Å². The maximum atomic E-state index is 5.00. The number of para-hydroxylation sites is 1. The first kappa shape index (κ1) is 16.9. The van der Waals surface area contributed by atoms with Gasteiger partial charge in [0.05, 0.1) is 17.4 Å². The van der Waals surface area contributed by atoms with Crippen LogP contribution in [-0.2, 0) is 13.5 Å². The number of nitrogens with zero attached hydrogens (tertiary/aromatic N) is 5. The van der Waals surface area contributed by atoms with E-state index >= 15 is 0 Å². The third-order valence-corrected chi connectivity index (χ3v) is 5.49. The van der Waals surface area contributed by atoms with E-state index in [9.17, 15) is 0 Å². The van der Waals surface area contributed by atoms with Gasteiger partial charge in [-0.3, -0.25) is 4.68 Å². The molecule has 2 aromatic heterocycles. The molecule has 1 unspecified atom stereocenters. The predicted octanol–water partition coefficient (Wildman–Crippen LogP) is 4.10. The minimum atomic E-state index is 0.611. The van der Waals surface area contributed by atoms with Crippen molar-refractivity contribution in [1.29, 1.82) is 0 Å². The molecule has 1 fully saturated rings. The molecule has 140 valence electrons. The van der Waals surface area contributed by atoms with E-state index in [2.05, 4.69) is 58.7 Å². The van der Waals surface area contributed by atoms with Gasteiger partial charge in [0.15, 0.2) is 0 Å². The molecule has 5 nitrogen and oxygen atoms in total. The van der Waals surface area contributed by atoms with Gasteiger partial charge in [-0.15, -0.1) is 0 Å². The fourth-order valence-corrected chi connectivity index (χ4v) is 4.11. The highest BCUT2D eigenvalue weighted by atomic mass is 15.3. The third kappa shape index (κ3) is 3.24. The Labute approximate surface area is 164 Å². The maximum Gasteiger partial charge on any atom is 0.226 e. The van der Waals surface area contributed by atoms with Gasteiger partial charge in [-0.1, -0.05) is 48.5 Å². The van der Waals surface area contributed by atoms with Crippen molar-refractivity contribution in [3.05, 3.63) is 72.6 Å². The predicted molar refractivity (Wildman–Crippen MR) is 112 cm³/mol. The maximum absolute atomic E-state index is 5.00. The highest BCUT2D eigenvalue weighted by Gasteiger charge is 2.26. The Bertz CT molecular complexity index is 1100. The number of anilines is 1. The number of rotatable bonds is 4. The molecule has 0 aliphatic carbocycles. The number of aromatic nitrogens is 4. The zero-order valence-corrected chi connectivity index (χ0v) is 16.0. The lowest BCUT2D eigenvalue weighted by Crippen LogP contribution is -2.22. The Morgan fingerprint density at radius 3 is 2.64 bits per heavy atom. The summed E-state index contributed by atoms with van der Waals surface area (Å²) < 4.78 is 1.88. The Balaban J connectivity index is 1.46. The molecule has 0 radical (unpaired) electrons. The number of hydrogen-bond acceptors (Lipinski definition) is 4. The van der Waals surface area contributed by atoms with Gasteiger partial charge >= 0.3 is 0 Å². The lowest BCUT2D eigenvalue weighted by Gasteiger charge is -2.18. The van der Waals surface area contributed by atoms with Crippen LogP contribution in [0.2, 0.25) is 0 Å². The van der Waals surface area contributed by atoms with Crippen LogP contribution in [0.4, 0.5) is 5.95 Å². The highest BCUT2D eigenvalue weighted by Crippen LogP contribution is 2.30. The SMILES string of the molecule is Cn1cc(CC2CCN(c3nc(-c4ccccc4)c4ccccc4n3)C2)cn1. The van der Waals surface area contributed by atoms with Gasteiger partial charge in [0.2, 0.25) is 5.95 Å². The van der Waals surface area contributed by atoms with Crippen LogP contribution in [0.15, 0.2) is 67.0 Å². The van der Waals surface area contributed by atoms with Crippen LogP contribution in [0.1, 0.15) is 12.0 Å². The lowest BCUT2D eigenvalue weighted by atomic mass is 10.0. The normalized spacial score (nSPS) is 16.8. The Kier molecular flexibility index (Phi) is 4.28. The van der Waals surface area contributed by atoms with Crippen LogP contribution < -0.4 is 4.90 Å². The first-order chi connectivity index (χ1) is 13.8. The van der Waals surface area contributed by atoms with Crippen molar-refractivity contribution >= 4 is 16.9 Å². The van der Waals surface area contributed by atoms with Gasteiger partial charge in [0, 0.05) is 37.3 Å². The van der Waals surface area contributed by atoms with Crippen molar-refractivity contribution in [3.63, 3.8) is 0 Å². The van der Waals surface area contributed by atoms with Gasteiger partial charge < -0.3 is 4.90 Å². The van der Waals surface area contributed by atoms with Crippen molar-refractivity contribution in [2.45, 2.75) is 12.8 Å². The summed E-state index contributed by atoms with van der Waals surface area (Å²) >= 11 is 0. The van der Waals surface area contributed by atoms with Gasteiger partial charge in [-0.2, -0.15) is 5.10 Å². The average Bonchev–Trinajstić information content (AvgIpc) is 3.37. The Hall–Kier alpha value is -3.21. The summed E-state index contributed by atoms with van der Waals surface area (Å²) in [5, 5.41) is 5.39. The van der Waals surface area contributed by atoms with Crippen LogP contribution in [0, 0.1) is 5.92 Å². The summed E-state index contributed by atoms with van der Waals surface area (Å²) in [5.41, 5.74) is 4.45. The van der Waals surface area contributed by atoms with E-state index in [4.69, 9.17) is 9.97 Å². The summed E-state index contributed by atoms with van der Waals surface area (Å²) in [5.74, 6) is 1.45. The molecular weight excluding hydrogens is 346 g/mol. The van der Waals surface area contributed by atoms with E-state index in [-0.39, 0.29) is 0 Å².